The molecule has 0 spiro atoms. The smallest absolute Gasteiger partial charge is 0.0411 e. The molecule has 2 aromatic carbocycles. The Bertz CT molecular complexity index is 528. The summed E-state index contributed by atoms with van der Waals surface area (Å²) in [5.41, 5.74) is 11.0. The van der Waals surface area contributed by atoms with Crippen LogP contribution in [-0.4, -0.2) is 0 Å². The van der Waals surface area contributed by atoms with Crippen LogP contribution in [0.4, 0.5) is 0 Å². The molecule has 2 rings (SSSR count). The van der Waals surface area contributed by atoms with Gasteiger partial charge in [-0.15, -0.1) is 0 Å². The van der Waals surface area contributed by atoms with Crippen molar-refractivity contribution < 1.29 is 0 Å². The fourth-order valence-electron chi connectivity index (χ4n) is 2.19. The lowest BCUT2D eigenvalue weighted by Crippen LogP contribution is -2.13. The Hall–Kier alpha value is -1.31. The molecule has 0 saturated heterocycles. The second-order valence-corrected chi connectivity index (χ2v) is 5.30. The molecule has 1 unspecified atom stereocenters. The quantitative estimate of drug-likeness (QED) is 0.878. The van der Waals surface area contributed by atoms with Gasteiger partial charge in [0, 0.05) is 11.1 Å². The molecule has 0 aromatic heterocycles. The molecular formula is C16H18ClN. The zero-order valence-electron chi connectivity index (χ0n) is 10.8. The van der Waals surface area contributed by atoms with E-state index in [4.69, 9.17) is 17.3 Å². The van der Waals surface area contributed by atoms with Crippen LogP contribution in [0.5, 0.6) is 0 Å². The molecule has 0 aliphatic carbocycles. The Kier molecular flexibility index (Phi) is 4.05. The largest absolute Gasteiger partial charge is 0.324 e. The topological polar surface area (TPSA) is 26.0 Å². The fourth-order valence-corrected chi connectivity index (χ4v) is 2.49. The van der Waals surface area contributed by atoms with Gasteiger partial charge in [0.25, 0.3) is 0 Å². The van der Waals surface area contributed by atoms with E-state index in [0.29, 0.717) is 0 Å². The molecule has 2 N–H and O–H groups in total. The molecule has 94 valence electrons. The number of rotatable bonds is 3. The molecule has 1 nitrogen and oxygen atoms in total. The summed E-state index contributed by atoms with van der Waals surface area (Å²) < 4.78 is 0. The monoisotopic (exact) mass is 259 g/mol. The third kappa shape index (κ3) is 3.34. The van der Waals surface area contributed by atoms with Crippen LogP contribution in [0.1, 0.15) is 28.3 Å². The van der Waals surface area contributed by atoms with Crippen LogP contribution in [0.25, 0.3) is 0 Å². The number of halogens is 1. The van der Waals surface area contributed by atoms with Crippen molar-refractivity contribution in [2.45, 2.75) is 26.3 Å². The maximum absolute atomic E-state index is 6.26. The summed E-state index contributed by atoms with van der Waals surface area (Å²) in [7, 11) is 0. The van der Waals surface area contributed by atoms with Gasteiger partial charge in [0.1, 0.15) is 0 Å². The van der Waals surface area contributed by atoms with Crippen molar-refractivity contribution in [2.75, 3.05) is 0 Å². The zero-order valence-corrected chi connectivity index (χ0v) is 11.5. The van der Waals surface area contributed by atoms with Crippen molar-refractivity contribution in [2.24, 2.45) is 5.73 Å². The van der Waals surface area contributed by atoms with Crippen molar-refractivity contribution >= 4 is 11.6 Å². The minimum absolute atomic E-state index is 0.0100. The van der Waals surface area contributed by atoms with Gasteiger partial charge in [-0.05, 0) is 49.1 Å². The molecule has 2 heteroatoms. The highest BCUT2D eigenvalue weighted by atomic mass is 35.5. The summed E-state index contributed by atoms with van der Waals surface area (Å²) in [6.45, 7) is 4.13. The van der Waals surface area contributed by atoms with Gasteiger partial charge < -0.3 is 5.73 Å². The predicted octanol–water partition coefficient (Wildman–Crippen LogP) is 4.20. The Morgan fingerprint density at radius 3 is 2.50 bits per heavy atom. The second kappa shape index (κ2) is 5.55. The molecule has 0 amide bonds. The lowest BCUT2D eigenvalue weighted by molar-refractivity contribution is 0.721. The van der Waals surface area contributed by atoms with Crippen LogP contribution in [0, 0.1) is 13.8 Å². The third-order valence-electron chi connectivity index (χ3n) is 3.03. The predicted molar refractivity (Wildman–Crippen MR) is 78.0 cm³/mol. The summed E-state index contributed by atoms with van der Waals surface area (Å²) >= 11 is 6.07. The zero-order chi connectivity index (χ0) is 13.1. The minimum atomic E-state index is -0.0100. The maximum atomic E-state index is 6.26. The molecule has 0 aliphatic rings. The highest BCUT2D eigenvalue weighted by Gasteiger charge is 2.08. The average Bonchev–Trinajstić information content (AvgIpc) is 2.27. The molecule has 1 atom stereocenters. The molecule has 2 aromatic rings. The van der Waals surface area contributed by atoms with Crippen molar-refractivity contribution in [1.82, 2.24) is 0 Å². The van der Waals surface area contributed by atoms with Gasteiger partial charge >= 0.3 is 0 Å². The normalized spacial score (nSPS) is 12.4. The second-order valence-electron chi connectivity index (χ2n) is 4.86. The minimum Gasteiger partial charge on any atom is -0.324 e. The Morgan fingerprint density at radius 1 is 1.06 bits per heavy atom. The van der Waals surface area contributed by atoms with Crippen LogP contribution >= 0.6 is 11.6 Å². The van der Waals surface area contributed by atoms with E-state index in [0.717, 1.165) is 22.6 Å². The van der Waals surface area contributed by atoms with Gasteiger partial charge in [-0.2, -0.15) is 0 Å². The third-order valence-corrected chi connectivity index (χ3v) is 3.25. The summed E-state index contributed by atoms with van der Waals surface area (Å²) in [6, 6.07) is 14.5. The Balaban J connectivity index is 2.19. The standard InChI is InChI=1S/C16H18ClN/c1-11-4-3-5-13(6-11)9-16(18)14-7-12(2)8-15(17)10-14/h3-8,10,16H,9,18H2,1-2H3. The summed E-state index contributed by atoms with van der Waals surface area (Å²) in [4.78, 5) is 0. The van der Waals surface area contributed by atoms with Crippen molar-refractivity contribution in [1.29, 1.82) is 0 Å². The molecular weight excluding hydrogens is 242 g/mol. The van der Waals surface area contributed by atoms with Crippen LogP contribution in [0.2, 0.25) is 5.02 Å². The van der Waals surface area contributed by atoms with Gasteiger partial charge in [-0.25, -0.2) is 0 Å². The van der Waals surface area contributed by atoms with E-state index in [1.54, 1.807) is 0 Å². The molecule has 0 bridgehead atoms. The van der Waals surface area contributed by atoms with E-state index in [2.05, 4.69) is 37.3 Å². The van der Waals surface area contributed by atoms with Gasteiger partial charge in [0.05, 0.1) is 0 Å². The van der Waals surface area contributed by atoms with E-state index in [9.17, 15) is 0 Å². The van der Waals surface area contributed by atoms with Crippen molar-refractivity contribution in [3.8, 4) is 0 Å². The van der Waals surface area contributed by atoms with Crippen LogP contribution < -0.4 is 5.73 Å². The highest BCUT2D eigenvalue weighted by molar-refractivity contribution is 6.30. The first-order valence-corrected chi connectivity index (χ1v) is 6.50. The maximum Gasteiger partial charge on any atom is 0.0411 e. The van der Waals surface area contributed by atoms with E-state index < -0.39 is 0 Å². The SMILES string of the molecule is Cc1cccc(CC(N)c2cc(C)cc(Cl)c2)c1. The molecule has 18 heavy (non-hydrogen) atoms. The van der Waals surface area contributed by atoms with Gasteiger partial charge in [0.15, 0.2) is 0 Å². The molecule has 0 saturated carbocycles. The Labute approximate surface area is 114 Å². The number of nitrogens with two attached hydrogens (primary N) is 1. The van der Waals surface area contributed by atoms with Gasteiger partial charge in [-0.1, -0.05) is 47.5 Å². The molecule has 0 fully saturated rings. The first-order valence-electron chi connectivity index (χ1n) is 6.13. The number of hydrogen-bond donors (Lipinski definition) is 1. The van der Waals surface area contributed by atoms with Gasteiger partial charge in [-0.3, -0.25) is 0 Å². The van der Waals surface area contributed by atoms with E-state index >= 15 is 0 Å². The molecule has 0 radical (unpaired) electrons. The number of hydrogen-bond acceptors (Lipinski definition) is 1. The number of aryl methyl sites for hydroxylation is 2. The summed E-state index contributed by atoms with van der Waals surface area (Å²) in [5.74, 6) is 0. The Morgan fingerprint density at radius 2 is 1.83 bits per heavy atom. The van der Waals surface area contributed by atoms with E-state index in [1.165, 1.54) is 11.1 Å². The first kappa shape index (κ1) is 13.1. The summed E-state index contributed by atoms with van der Waals surface area (Å²) in [5, 5.41) is 0.754. The van der Waals surface area contributed by atoms with Crippen LogP contribution in [0.15, 0.2) is 42.5 Å². The lowest BCUT2D eigenvalue weighted by Gasteiger charge is -2.14. The fraction of sp³-hybridized carbons (Fsp3) is 0.250. The molecule has 0 aliphatic heterocycles. The lowest BCUT2D eigenvalue weighted by atomic mass is 9.97. The summed E-state index contributed by atoms with van der Waals surface area (Å²) in [6.07, 6.45) is 0.835. The van der Waals surface area contributed by atoms with Gasteiger partial charge in [0.2, 0.25) is 0 Å². The van der Waals surface area contributed by atoms with E-state index in [1.807, 2.05) is 19.1 Å². The van der Waals surface area contributed by atoms with E-state index in [-0.39, 0.29) is 6.04 Å². The highest BCUT2D eigenvalue weighted by Crippen LogP contribution is 2.22. The van der Waals surface area contributed by atoms with Crippen LogP contribution in [0.3, 0.4) is 0 Å². The van der Waals surface area contributed by atoms with Crippen LogP contribution in [-0.2, 0) is 6.42 Å². The average molecular weight is 260 g/mol. The number of benzene rings is 2. The first-order chi connectivity index (χ1) is 8.54. The molecule has 0 heterocycles. The van der Waals surface area contributed by atoms with Crippen molar-refractivity contribution in [3.63, 3.8) is 0 Å². The van der Waals surface area contributed by atoms with Crippen molar-refractivity contribution in [3.05, 3.63) is 69.7 Å².